The highest BCUT2D eigenvalue weighted by atomic mass is 16.5. The number of carbonyl (C=O) groups excluding carboxylic acids is 2. The number of nitrogens with two attached hydrogens (primary N) is 1. The molecule has 3 N–H and O–H groups in total. The van der Waals surface area contributed by atoms with Crippen LogP contribution in [0.15, 0.2) is 54.6 Å². The van der Waals surface area contributed by atoms with Gasteiger partial charge in [0, 0.05) is 18.0 Å². The maximum atomic E-state index is 11.7. The van der Waals surface area contributed by atoms with Gasteiger partial charge in [0.1, 0.15) is 0 Å². The molecule has 1 unspecified atom stereocenters. The first-order valence-electron chi connectivity index (χ1n) is 9.34. The van der Waals surface area contributed by atoms with Gasteiger partial charge in [0.2, 0.25) is 0 Å². The smallest absolute Gasteiger partial charge is 0.315 e. The second-order valence-electron chi connectivity index (χ2n) is 7.21. The normalized spacial score (nSPS) is 11.6. The number of carbonyl (C=O) groups is 3. The molecule has 2 rings (SSSR count). The zero-order valence-electron chi connectivity index (χ0n) is 17.3. The Kier molecular flexibility index (Phi) is 9.22. The molecule has 0 radical (unpaired) electrons. The molecule has 0 heterocycles. The molecule has 6 heteroatoms. The van der Waals surface area contributed by atoms with E-state index in [1.165, 1.54) is 12.7 Å². The third-order valence-electron chi connectivity index (χ3n) is 4.52. The van der Waals surface area contributed by atoms with Gasteiger partial charge in [-0.1, -0.05) is 54.6 Å². The summed E-state index contributed by atoms with van der Waals surface area (Å²) in [6.07, 6.45) is -0.219. The van der Waals surface area contributed by atoms with Crippen LogP contribution >= 0.6 is 0 Å². The molecule has 0 aliphatic carbocycles. The van der Waals surface area contributed by atoms with Crippen LogP contribution in [0.1, 0.15) is 61.1 Å². The lowest BCUT2D eigenvalue weighted by atomic mass is 9.84. The van der Waals surface area contributed by atoms with E-state index in [2.05, 4.69) is 0 Å². The molecule has 156 valence electrons. The average molecular weight is 399 g/mol. The van der Waals surface area contributed by atoms with Crippen LogP contribution < -0.4 is 5.73 Å². The largest absolute Gasteiger partial charge is 0.481 e. The summed E-state index contributed by atoms with van der Waals surface area (Å²) in [5.41, 5.74) is 7.19. The van der Waals surface area contributed by atoms with Crippen molar-refractivity contribution in [1.82, 2.24) is 0 Å². The van der Waals surface area contributed by atoms with Gasteiger partial charge in [-0.15, -0.1) is 0 Å². The number of esters is 1. The van der Waals surface area contributed by atoms with Gasteiger partial charge in [0.25, 0.3) is 0 Å². The van der Waals surface area contributed by atoms with Gasteiger partial charge in [-0.25, -0.2) is 0 Å². The van der Waals surface area contributed by atoms with E-state index >= 15 is 0 Å². The SMILES string of the molecule is CC(N)c1ccccc1.COC(=O)C(C)(C)c1ccc(C(=O)CCC(=O)O)cc1. The van der Waals surface area contributed by atoms with Crippen molar-refractivity contribution in [3.63, 3.8) is 0 Å². The molecule has 0 aliphatic heterocycles. The summed E-state index contributed by atoms with van der Waals surface area (Å²) in [6.45, 7) is 5.45. The van der Waals surface area contributed by atoms with Crippen molar-refractivity contribution in [3.05, 3.63) is 71.3 Å². The fraction of sp³-hybridized carbons (Fsp3) is 0.348. The quantitative estimate of drug-likeness (QED) is 0.540. The van der Waals surface area contributed by atoms with Gasteiger partial charge in [-0.05, 0) is 31.9 Å². The molecule has 0 spiro atoms. The van der Waals surface area contributed by atoms with Crippen molar-refractivity contribution in [2.24, 2.45) is 5.73 Å². The molecule has 0 bridgehead atoms. The lowest BCUT2D eigenvalue weighted by molar-refractivity contribution is -0.146. The van der Waals surface area contributed by atoms with Crippen molar-refractivity contribution < 1.29 is 24.2 Å². The number of hydrogen-bond acceptors (Lipinski definition) is 5. The van der Waals surface area contributed by atoms with Crippen LogP contribution in [-0.4, -0.2) is 29.9 Å². The van der Waals surface area contributed by atoms with Crippen LogP contribution in [0.25, 0.3) is 0 Å². The van der Waals surface area contributed by atoms with Crippen molar-refractivity contribution in [1.29, 1.82) is 0 Å². The minimum Gasteiger partial charge on any atom is -0.481 e. The number of ketones is 1. The third kappa shape index (κ3) is 7.50. The van der Waals surface area contributed by atoms with Gasteiger partial charge in [-0.2, -0.15) is 0 Å². The van der Waals surface area contributed by atoms with Gasteiger partial charge in [-0.3, -0.25) is 14.4 Å². The second kappa shape index (κ2) is 11.1. The number of carboxylic acids is 1. The Morgan fingerprint density at radius 2 is 1.55 bits per heavy atom. The summed E-state index contributed by atoms with van der Waals surface area (Å²) in [5, 5.41) is 8.54. The molecule has 0 amide bonds. The predicted octanol–water partition coefficient (Wildman–Crippen LogP) is 3.89. The van der Waals surface area contributed by atoms with Crippen molar-refractivity contribution in [3.8, 4) is 0 Å². The van der Waals surface area contributed by atoms with Crippen LogP contribution in [-0.2, 0) is 19.7 Å². The van der Waals surface area contributed by atoms with Gasteiger partial charge in [0.05, 0.1) is 18.9 Å². The molecule has 2 aromatic rings. The predicted molar refractivity (Wildman–Crippen MR) is 112 cm³/mol. The minimum absolute atomic E-state index is 0.0327. The van der Waals surface area contributed by atoms with E-state index < -0.39 is 11.4 Å². The van der Waals surface area contributed by atoms with Crippen molar-refractivity contribution >= 4 is 17.7 Å². The van der Waals surface area contributed by atoms with Gasteiger partial charge in [0.15, 0.2) is 5.78 Å². The Hall–Kier alpha value is -2.99. The second-order valence-corrected chi connectivity index (χ2v) is 7.21. The lowest BCUT2D eigenvalue weighted by Crippen LogP contribution is -2.30. The molecule has 6 nitrogen and oxygen atoms in total. The van der Waals surface area contributed by atoms with Gasteiger partial charge >= 0.3 is 11.9 Å². The third-order valence-corrected chi connectivity index (χ3v) is 4.52. The summed E-state index contributed by atoms with van der Waals surface area (Å²) in [7, 11) is 1.33. The molecule has 1 atom stereocenters. The number of carboxylic acid groups (broad SMARTS) is 1. The Labute approximate surface area is 171 Å². The van der Waals surface area contributed by atoms with Crippen molar-refractivity contribution in [2.45, 2.75) is 45.1 Å². The molecular weight excluding hydrogens is 370 g/mol. The molecule has 29 heavy (non-hydrogen) atoms. The standard InChI is InChI=1S/C15H18O5.C8H11N/c1-15(2,14(19)20-3)11-6-4-10(5-7-11)12(16)8-9-13(17)18;1-7(9)8-5-3-2-4-6-8/h4-7H,8-9H2,1-3H3,(H,17,18);2-7H,9H2,1H3. The number of Topliss-reactive ketones (excluding diaryl/α,β-unsaturated/α-hetero) is 1. The average Bonchev–Trinajstić information content (AvgIpc) is 2.72. The fourth-order valence-corrected chi connectivity index (χ4v) is 2.57. The molecule has 0 aliphatic rings. The highest BCUT2D eigenvalue weighted by Crippen LogP contribution is 2.25. The molecule has 0 aromatic heterocycles. The van der Waals surface area contributed by atoms with E-state index in [4.69, 9.17) is 15.6 Å². The summed E-state index contributed by atoms with van der Waals surface area (Å²) in [4.78, 5) is 33.8. The lowest BCUT2D eigenvalue weighted by Gasteiger charge is -2.22. The van der Waals surface area contributed by atoms with E-state index in [0.717, 1.165) is 5.56 Å². The maximum absolute atomic E-state index is 11.7. The van der Waals surface area contributed by atoms with E-state index in [-0.39, 0.29) is 30.6 Å². The van der Waals surface area contributed by atoms with E-state index in [1.54, 1.807) is 38.1 Å². The highest BCUT2D eigenvalue weighted by molar-refractivity contribution is 5.97. The number of aliphatic carboxylic acids is 1. The first kappa shape index (κ1) is 24.0. The number of hydrogen-bond donors (Lipinski definition) is 2. The maximum Gasteiger partial charge on any atom is 0.315 e. The summed E-state index contributed by atoms with van der Waals surface area (Å²) < 4.78 is 4.74. The monoisotopic (exact) mass is 399 g/mol. The van der Waals surface area contributed by atoms with Crippen LogP contribution in [0.3, 0.4) is 0 Å². The summed E-state index contributed by atoms with van der Waals surface area (Å²) in [5.74, 6) is -1.58. The zero-order chi connectivity index (χ0) is 22.0. The van der Waals surface area contributed by atoms with E-state index in [0.29, 0.717) is 5.56 Å². The minimum atomic E-state index is -0.998. The molecule has 0 saturated heterocycles. The summed E-state index contributed by atoms with van der Waals surface area (Å²) >= 11 is 0. The number of ether oxygens (including phenoxy) is 1. The first-order valence-corrected chi connectivity index (χ1v) is 9.34. The van der Waals surface area contributed by atoms with E-state index in [9.17, 15) is 14.4 Å². The molecule has 0 fully saturated rings. The zero-order valence-corrected chi connectivity index (χ0v) is 17.3. The Balaban J connectivity index is 0.000000387. The van der Waals surface area contributed by atoms with Crippen LogP contribution in [0.4, 0.5) is 0 Å². The Bertz CT molecular complexity index is 811. The van der Waals surface area contributed by atoms with E-state index in [1.807, 2.05) is 37.3 Å². The number of rotatable bonds is 7. The van der Waals surface area contributed by atoms with Gasteiger partial charge < -0.3 is 15.6 Å². The van der Waals surface area contributed by atoms with Crippen LogP contribution in [0, 0.1) is 0 Å². The highest BCUT2D eigenvalue weighted by Gasteiger charge is 2.30. The van der Waals surface area contributed by atoms with Crippen LogP contribution in [0.5, 0.6) is 0 Å². The molecular formula is C23H29NO5. The molecule has 2 aromatic carbocycles. The van der Waals surface area contributed by atoms with Crippen LogP contribution in [0.2, 0.25) is 0 Å². The molecule has 0 saturated carbocycles. The Morgan fingerprint density at radius 3 is 1.97 bits per heavy atom. The Morgan fingerprint density at radius 1 is 1.00 bits per heavy atom. The fourth-order valence-electron chi connectivity index (χ4n) is 2.57. The number of methoxy groups -OCH3 is 1. The first-order chi connectivity index (χ1) is 13.6. The van der Waals surface area contributed by atoms with Crippen molar-refractivity contribution in [2.75, 3.05) is 7.11 Å². The summed E-state index contributed by atoms with van der Waals surface area (Å²) in [6, 6.07) is 16.8. The number of benzene rings is 2. The topological polar surface area (TPSA) is 107 Å².